The van der Waals surface area contributed by atoms with Gasteiger partial charge in [0.25, 0.3) is 0 Å². The van der Waals surface area contributed by atoms with Gasteiger partial charge in [0, 0.05) is 51.5 Å². The average molecular weight is 342 g/mol. The molecule has 0 heterocycles. The Morgan fingerprint density at radius 3 is 1.88 bits per heavy atom. The second kappa shape index (κ2) is 15.1. The molecule has 6 heteroatoms. The summed E-state index contributed by atoms with van der Waals surface area (Å²) in [5.41, 5.74) is 0. The SMILES string of the molecule is CCCC(=O)NCCCOCCCNC(=O)CCCC(=O)C(C)C. The summed E-state index contributed by atoms with van der Waals surface area (Å²) in [5.74, 6) is 0.341. The quantitative estimate of drug-likeness (QED) is 0.447. The van der Waals surface area contributed by atoms with Gasteiger partial charge in [0.05, 0.1) is 0 Å². The van der Waals surface area contributed by atoms with Crippen molar-refractivity contribution in [2.45, 2.75) is 65.7 Å². The summed E-state index contributed by atoms with van der Waals surface area (Å²) in [6.07, 6.45) is 4.49. The highest BCUT2D eigenvalue weighted by Crippen LogP contribution is 2.04. The first-order valence-corrected chi connectivity index (χ1v) is 9.11. The number of ether oxygens (including phenoxy) is 1. The Morgan fingerprint density at radius 2 is 1.38 bits per heavy atom. The molecule has 0 aliphatic rings. The van der Waals surface area contributed by atoms with Crippen LogP contribution in [0.2, 0.25) is 0 Å². The fraction of sp³-hybridized carbons (Fsp3) is 0.833. The van der Waals surface area contributed by atoms with Crippen LogP contribution in [0.1, 0.15) is 65.7 Å². The van der Waals surface area contributed by atoms with E-state index in [0.717, 1.165) is 19.3 Å². The maximum absolute atomic E-state index is 11.6. The van der Waals surface area contributed by atoms with Gasteiger partial charge < -0.3 is 15.4 Å². The van der Waals surface area contributed by atoms with Crippen LogP contribution in [0.15, 0.2) is 0 Å². The highest BCUT2D eigenvalue weighted by molar-refractivity contribution is 5.81. The lowest BCUT2D eigenvalue weighted by Crippen LogP contribution is -2.26. The highest BCUT2D eigenvalue weighted by atomic mass is 16.5. The van der Waals surface area contributed by atoms with E-state index in [1.54, 1.807) is 0 Å². The predicted molar refractivity (Wildman–Crippen MR) is 94.7 cm³/mol. The third-order valence-corrected chi connectivity index (χ3v) is 3.52. The summed E-state index contributed by atoms with van der Waals surface area (Å²) in [6.45, 7) is 8.16. The molecular weight excluding hydrogens is 308 g/mol. The van der Waals surface area contributed by atoms with Gasteiger partial charge in [-0.2, -0.15) is 0 Å². The van der Waals surface area contributed by atoms with Gasteiger partial charge in [-0.05, 0) is 25.7 Å². The van der Waals surface area contributed by atoms with Crippen molar-refractivity contribution < 1.29 is 19.1 Å². The number of hydrogen-bond acceptors (Lipinski definition) is 4. The molecule has 0 aromatic rings. The first-order valence-electron chi connectivity index (χ1n) is 9.11. The molecular formula is C18H34N2O4. The summed E-state index contributed by atoms with van der Waals surface area (Å²) in [7, 11) is 0. The third kappa shape index (κ3) is 14.2. The Hall–Kier alpha value is -1.43. The van der Waals surface area contributed by atoms with Gasteiger partial charge >= 0.3 is 0 Å². The van der Waals surface area contributed by atoms with Crippen molar-refractivity contribution in [2.75, 3.05) is 26.3 Å². The largest absolute Gasteiger partial charge is 0.381 e. The van der Waals surface area contributed by atoms with E-state index in [0.29, 0.717) is 52.0 Å². The van der Waals surface area contributed by atoms with Crippen molar-refractivity contribution in [2.24, 2.45) is 5.92 Å². The fourth-order valence-corrected chi connectivity index (χ4v) is 2.02. The average Bonchev–Trinajstić information content (AvgIpc) is 2.53. The van der Waals surface area contributed by atoms with Crippen molar-refractivity contribution in [1.29, 1.82) is 0 Å². The zero-order chi connectivity index (χ0) is 18.2. The molecule has 0 rings (SSSR count). The van der Waals surface area contributed by atoms with Crippen molar-refractivity contribution in [3.05, 3.63) is 0 Å². The number of hydrogen-bond donors (Lipinski definition) is 2. The lowest BCUT2D eigenvalue weighted by Gasteiger charge is -2.07. The zero-order valence-electron chi connectivity index (χ0n) is 15.5. The number of ketones is 1. The normalized spacial score (nSPS) is 10.7. The summed E-state index contributed by atoms with van der Waals surface area (Å²) < 4.78 is 5.45. The molecule has 0 aliphatic carbocycles. The van der Waals surface area contributed by atoms with E-state index in [1.807, 2.05) is 20.8 Å². The molecule has 0 spiro atoms. The minimum atomic E-state index is -0.00908. The molecule has 0 aromatic carbocycles. The van der Waals surface area contributed by atoms with Gasteiger partial charge in [-0.25, -0.2) is 0 Å². The first kappa shape index (κ1) is 22.6. The summed E-state index contributed by atoms with van der Waals surface area (Å²) in [5, 5.41) is 5.66. The van der Waals surface area contributed by atoms with Gasteiger partial charge in [-0.1, -0.05) is 20.8 Å². The molecule has 24 heavy (non-hydrogen) atoms. The molecule has 0 fully saturated rings. The van der Waals surface area contributed by atoms with E-state index in [2.05, 4.69) is 10.6 Å². The van der Waals surface area contributed by atoms with Crippen molar-refractivity contribution >= 4 is 17.6 Å². The second-order valence-electron chi connectivity index (χ2n) is 6.24. The van der Waals surface area contributed by atoms with Crippen LogP contribution in [0.4, 0.5) is 0 Å². The standard InChI is InChI=1S/C18H34N2O4/c1-4-8-17(22)19-11-6-13-24-14-7-12-20-18(23)10-5-9-16(21)15(2)3/h15H,4-14H2,1-3H3,(H,19,22)(H,20,23). The molecule has 0 bridgehead atoms. The Kier molecular flexibility index (Phi) is 14.2. The van der Waals surface area contributed by atoms with Crippen LogP contribution >= 0.6 is 0 Å². The van der Waals surface area contributed by atoms with Crippen LogP contribution in [0, 0.1) is 5.92 Å². The Labute approximate surface area is 146 Å². The van der Waals surface area contributed by atoms with E-state index >= 15 is 0 Å². The molecule has 2 N–H and O–H groups in total. The van der Waals surface area contributed by atoms with Gasteiger partial charge in [0.1, 0.15) is 5.78 Å². The van der Waals surface area contributed by atoms with Gasteiger partial charge in [-0.3, -0.25) is 14.4 Å². The summed E-state index contributed by atoms with van der Waals surface area (Å²) >= 11 is 0. The van der Waals surface area contributed by atoms with Crippen molar-refractivity contribution in [1.82, 2.24) is 10.6 Å². The first-order chi connectivity index (χ1) is 11.5. The van der Waals surface area contributed by atoms with Crippen LogP contribution in [-0.4, -0.2) is 43.9 Å². The van der Waals surface area contributed by atoms with Crippen LogP contribution < -0.4 is 10.6 Å². The van der Waals surface area contributed by atoms with Gasteiger partial charge in [0.2, 0.25) is 11.8 Å². The molecule has 0 aromatic heterocycles. The Balaban J connectivity index is 3.33. The van der Waals surface area contributed by atoms with Crippen LogP contribution in [-0.2, 0) is 19.1 Å². The second-order valence-corrected chi connectivity index (χ2v) is 6.24. The third-order valence-electron chi connectivity index (χ3n) is 3.52. The highest BCUT2D eigenvalue weighted by Gasteiger charge is 2.08. The maximum atomic E-state index is 11.6. The van der Waals surface area contributed by atoms with E-state index < -0.39 is 0 Å². The van der Waals surface area contributed by atoms with E-state index in [1.165, 1.54) is 0 Å². The predicted octanol–water partition coefficient (Wildman–Crippen LogP) is 2.21. The lowest BCUT2D eigenvalue weighted by molar-refractivity contribution is -0.123. The van der Waals surface area contributed by atoms with Gasteiger partial charge in [0.15, 0.2) is 0 Å². The Morgan fingerprint density at radius 1 is 0.833 bits per heavy atom. The van der Waals surface area contributed by atoms with Crippen LogP contribution in [0.3, 0.4) is 0 Å². The molecule has 6 nitrogen and oxygen atoms in total. The molecule has 0 radical (unpaired) electrons. The summed E-state index contributed by atoms with van der Waals surface area (Å²) in [4.78, 5) is 34.2. The van der Waals surface area contributed by atoms with Crippen molar-refractivity contribution in [3.63, 3.8) is 0 Å². The smallest absolute Gasteiger partial charge is 0.220 e. The molecule has 0 atom stereocenters. The fourth-order valence-electron chi connectivity index (χ4n) is 2.02. The molecule has 0 aliphatic heterocycles. The van der Waals surface area contributed by atoms with E-state index in [4.69, 9.17) is 4.74 Å². The molecule has 2 amide bonds. The zero-order valence-corrected chi connectivity index (χ0v) is 15.5. The monoisotopic (exact) mass is 342 g/mol. The summed E-state index contributed by atoms with van der Waals surface area (Å²) in [6, 6.07) is 0. The number of rotatable bonds is 15. The molecule has 0 saturated carbocycles. The topological polar surface area (TPSA) is 84.5 Å². The lowest BCUT2D eigenvalue weighted by atomic mass is 10.0. The Bertz CT molecular complexity index is 370. The molecule has 140 valence electrons. The van der Waals surface area contributed by atoms with Crippen molar-refractivity contribution in [3.8, 4) is 0 Å². The molecule has 0 unspecified atom stereocenters. The number of amides is 2. The minimum Gasteiger partial charge on any atom is -0.381 e. The molecule has 0 saturated heterocycles. The van der Waals surface area contributed by atoms with E-state index in [9.17, 15) is 14.4 Å². The number of carbonyl (C=O) groups is 3. The van der Waals surface area contributed by atoms with Gasteiger partial charge in [-0.15, -0.1) is 0 Å². The van der Waals surface area contributed by atoms with E-state index in [-0.39, 0.29) is 23.5 Å². The minimum absolute atomic E-state index is 0.00908. The number of carbonyl (C=O) groups excluding carboxylic acids is 3. The van der Waals surface area contributed by atoms with Crippen LogP contribution in [0.5, 0.6) is 0 Å². The number of nitrogens with one attached hydrogen (secondary N) is 2. The van der Waals surface area contributed by atoms with Crippen LogP contribution in [0.25, 0.3) is 0 Å². The number of Topliss-reactive ketones (excluding diaryl/α,β-unsaturated/α-hetero) is 1. The maximum Gasteiger partial charge on any atom is 0.220 e.